The van der Waals surface area contributed by atoms with Gasteiger partial charge in [-0.25, -0.2) is 15.0 Å². The van der Waals surface area contributed by atoms with E-state index in [-0.39, 0.29) is 49.8 Å². The number of fused-ring (bicyclic) bond motifs is 2. The highest BCUT2D eigenvalue weighted by Crippen LogP contribution is 2.45. The van der Waals surface area contributed by atoms with Gasteiger partial charge in [-0.05, 0) is 61.8 Å². The molecule has 23 heteroatoms. The van der Waals surface area contributed by atoms with E-state index in [1.54, 1.807) is 55.3 Å². The lowest BCUT2D eigenvalue weighted by molar-refractivity contribution is 0.168. The number of methoxy groups -OCH3 is 6. The van der Waals surface area contributed by atoms with Crippen molar-refractivity contribution in [1.82, 2.24) is 44.0 Å². The molecular weight excluding hydrogens is 977 g/mol. The summed E-state index contributed by atoms with van der Waals surface area (Å²) in [5.74, 6) is 6.27. The van der Waals surface area contributed by atoms with Crippen molar-refractivity contribution in [2.75, 3.05) is 107 Å². The van der Waals surface area contributed by atoms with E-state index in [0.29, 0.717) is 100 Å². The number of hydrogen-bond acceptors (Lipinski definition) is 20. The van der Waals surface area contributed by atoms with Gasteiger partial charge in [0.05, 0.1) is 115 Å². The van der Waals surface area contributed by atoms with Crippen LogP contribution in [-0.2, 0) is 0 Å². The van der Waals surface area contributed by atoms with Crippen LogP contribution < -0.4 is 53.8 Å². The quantitative estimate of drug-likeness (QED) is 0.0556. The molecule has 3 aliphatic heterocycles. The number of imidazole rings is 2. The van der Waals surface area contributed by atoms with Crippen molar-refractivity contribution in [2.24, 2.45) is 11.8 Å². The van der Waals surface area contributed by atoms with E-state index in [1.165, 1.54) is 0 Å². The van der Waals surface area contributed by atoms with Crippen molar-refractivity contribution < 1.29 is 43.7 Å². The van der Waals surface area contributed by atoms with E-state index >= 15 is 0 Å². The zero-order valence-electron chi connectivity index (χ0n) is 43.2. The fourth-order valence-electron chi connectivity index (χ4n) is 11.5. The lowest BCUT2D eigenvalue weighted by Gasteiger charge is -2.35. The van der Waals surface area contributed by atoms with Crippen molar-refractivity contribution in [3.63, 3.8) is 0 Å². The zero-order valence-corrected chi connectivity index (χ0v) is 43.2. The second-order valence-corrected chi connectivity index (χ2v) is 19.0. The molecule has 6 N–H and O–H groups in total. The maximum Gasteiger partial charge on any atom is 0.232 e. The molecule has 0 radical (unpaired) electrons. The second kappa shape index (κ2) is 21.2. The normalized spacial score (nSPS) is 19.5. The number of aromatic nitrogens is 9. The third kappa shape index (κ3) is 9.02. The van der Waals surface area contributed by atoms with Crippen LogP contribution in [0, 0.1) is 11.8 Å². The Morgan fingerprint density at radius 1 is 0.579 bits per heavy atom. The summed E-state index contributed by atoms with van der Waals surface area (Å²) in [5.41, 5.74) is 3.75. The first-order valence-corrected chi connectivity index (χ1v) is 25.2. The number of aliphatic hydroxyl groups is 3. The standard InChI is InChI=1S/C53H62N14O9/c1-71-41-19-32(20-42(72-2)47(41)75-5)63-23-45(55-28-63)58-50-36-10-9-30(18-38(36)57-53(61-50)66-15-7-8-31(66)25-68)65-16-12-34(39(65)26-69)35-13-17-67(40(35)27-70)51-37-11-14-54-49(37)60-52(62-51)59-46-24-64(29-56-46)33-21-43(73-3)48(76-6)44(22-33)74-4/h9-11,14,18-24,28-29,31,34-35,39-40,68-70H,7-8,12-13,15-17,25-27H2,1-6H3,(H,57,58,61)(H2,54,59,60,62)/t31-,34?,35?,39+,40+/m1/s1. The van der Waals surface area contributed by atoms with Gasteiger partial charge in [0.25, 0.3) is 0 Å². The number of ether oxygens (including phenoxy) is 6. The third-order valence-corrected chi connectivity index (χ3v) is 15.2. The molecule has 5 aromatic heterocycles. The van der Waals surface area contributed by atoms with Gasteiger partial charge in [0.1, 0.15) is 35.8 Å². The number of aliphatic hydroxyl groups excluding tert-OH is 3. The molecular formula is C53H62N14O9. The molecule has 0 amide bonds. The molecule has 3 aromatic carbocycles. The number of aromatic amines is 1. The molecule has 0 spiro atoms. The maximum absolute atomic E-state index is 11.3. The Morgan fingerprint density at radius 2 is 1.17 bits per heavy atom. The molecule has 3 saturated heterocycles. The predicted molar refractivity (Wildman–Crippen MR) is 287 cm³/mol. The molecule has 3 fully saturated rings. The molecule has 398 valence electrons. The Balaban J connectivity index is 0.851. The second-order valence-electron chi connectivity index (χ2n) is 19.0. The average Bonchev–Trinajstić information content (AvgIpc) is 4.37. The molecule has 0 aliphatic carbocycles. The highest BCUT2D eigenvalue weighted by Gasteiger charge is 2.46. The fourth-order valence-corrected chi connectivity index (χ4v) is 11.5. The molecule has 23 nitrogen and oxygen atoms in total. The lowest BCUT2D eigenvalue weighted by atomic mass is 9.81. The van der Waals surface area contributed by atoms with Crippen molar-refractivity contribution in [1.29, 1.82) is 0 Å². The van der Waals surface area contributed by atoms with Crippen molar-refractivity contribution >= 4 is 62.8 Å². The Morgan fingerprint density at radius 3 is 1.75 bits per heavy atom. The highest BCUT2D eigenvalue weighted by molar-refractivity contribution is 5.94. The third-order valence-electron chi connectivity index (χ3n) is 15.2. The summed E-state index contributed by atoms with van der Waals surface area (Å²) in [6.07, 6.45) is 12.2. The number of hydrogen-bond donors (Lipinski definition) is 6. The van der Waals surface area contributed by atoms with E-state index in [4.69, 9.17) is 53.3 Å². The van der Waals surface area contributed by atoms with Gasteiger partial charge in [0, 0.05) is 61.2 Å². The Labute approximate surface area is 438 Å². The summed E-state index contributed by atoms with van der Waals surface area (Å²) in [4.78, 5) is 39.1. The number of nitrogens with zero attached hydrogens (tertiary/aromatic N) is 11. The van der Waals surface area contributed by atoms with Crippen LogP contribution in [0.2, 0.25) is 0 Å². The van der Waals surface area contributed by atoms with E-state index in [1.807, 2.05) is 64.1 Å². The van der Waals surface area contributed by atoms with Gasteiger partial charge in [0.15, 0.2) is 28.8 Å². The van der Waals surface area contributed by atoms with Crippen LogP contribution in [0.1, 0.15) is 25.7 Å². The Hall–Kier alpha value is -8.28. The molecule has 11 rings (SSSR count). The summed E-state index contributed by atoms with van der Waals surface area (Å²) < 4.78 is 37.1. The topological polar surface area (TPSA) is 253 Å². The molecule has 0 saturated carbocycles. The summed E-state index contributed by atoms with van der Waals surface area (Å²) in [6.45, 7) is 1.86. The number of rotatable bonds is 19. The summed E-state index contributed by atoms with van der Waals surface area (Å²) >= 11 is 0. The maximum atomic E-state index is 11.3. The average molecular weight is 1040 g/mol. The highest BCUT2D eigenvalue weighted by atomic mass is 16.5. The van der Waals surface area contributed by atoms with Gasteiger partial charge in [-0.1, -0.05) is 0 Å². The van der Waals surface area contributed by atoms with E-state index in [2.05, 4.69) is 47.4 Å². The molecule has 5 atom stereocenters. The number of nitrogens with one attached hydrogen (secondary N) is 3. The predicted octanol–water partition coefficient (Wildman–Crippen LogP) is 5.85. The first-order valence-electron chi connectivity index (χ1n) is 25.2. The molecule has 2 unspecified atom stereocenters. The molecule has 8 heterocycles. The van der Waals surface area contributed by atoms with Crippen molar-refractivity contribution in [3.05, 3.63) is 79.8 Å². The first-order chi connectivity index (χ1) is 37.2. The number of H-pyrrole nitrogens is 1. The fraction of sp³-hybridized carbons (Fsp3) is 0.396. The number of benzene rings is 3. The Kier molecular flexibility index (Phi) is 13.9. The van der Waals surface area contributed by atoms with Crippen LogP contribution >= 0.6 is 0 Å². The van der Waals surface area contributed by atoms with Crippen LogP contribution in [0.15, 0.2) is 79.8 Å². The van der Waals surface area contributed by atoms with Gasteiger partial charge in [-0.2, -0.15) is 15.0 Å². The minimum atomic E-state index is -0.281. The van der Waals surface area contributed by atoms with E-state index < -0.39 is 0 Å². The van der Waals surface area contributed by atoms with Crippen LogP contribution in [0.5, 0.6) is 34.5 Å². The zero-order chi connectivity index (χ0) is 52.6. The SMILES string of the molecule is COc1cc(-n2cnc(Nc3nc(N4CCC(C5CCN(c6ccc7c(Nc8cn(-c9cc(OC)c(OC)c(OC)c9)cn8)nc(N8CCC[C@@H]8CO)nc7c6)[C@H]5CO)[C@@H]4CO)c4cc[nH]c4n3)c2)cc(OC)c1OC. The Bertz CT molecular complexity index is 3320. The molecule has 0 bridgehead atoms. The van der Waals surface area contributed by atoms with Gasteiger partial charge in [0.2, 0.25) is 23.4 Å². The van der Waals surface area contributed by atoms with Gasteiger partial charge < -0.3 is 83.2 Å². The van der Waals surface area contributed by atoms with Crippen LogP contribution in [0.4, 0.5) is 40.9 Å². The summed E-state index contributed by atoms with van der Waals surface area (Å²) in [7, 11) is 9.42. The van der Waals surface area contributed by atoms with Gasteiger partial charge in [-0.15, -0.1) is 0 Å². The molecule has 8 aromatic rings. The minimum absolute atomic E-state index is 0.0129. The van der Waals surface area contributed by atoms with Crippen molar-refractivity contribution in [3.8, 4) is 45.9 Å². The van der Waals surface area contributed by atoms with Crippen LogP contribution in [-0.4, -0.2) is 160 Å². The first kappa shape index (κ1) is 49.9. The van der Waals surface area contributed by atoms with E-state index in [9.17, 15) is 15.3 Å². The minimum Gasteiger partial charge on any atom is -0.493 e. The monoisotopic (exact) mass is 1040 g/mol. The summed E-state index contributed by atoms with van der Waals surface area (Å²) in [6, 6.07) is 14.8. The van der Waals surface area contributed by atoms with E-state index in [0.717, 1.165) is 53.5 Å². The lowest BCUT2D eigenvalue weighted by Crippen LogP contribution is -2.44. The smallest absolute Gasteiger partial charge is 0.232 e. The van der Waals surface area contributed by atoms with Crippen LogP contribution in [0.3, 0.4) is 0 Å². The summed E-state index contributed by atoms with van der Waals surface area (Å²) in [5, 5.41) is 41.3. The van der Waals surface area contributed by atoms with Crippen LogP contribution in [0.25, 0.3) is 33.3 Å². The number of anilines is 7. The molecule has 76 heavy (non-hydrogen) atoms. The van der Waals surface area contributed by atoms with Crippen molar-refractivity contribution in [2.45, 2.75) is 43.8 Å². The van der Waals surface area contributed by atoms with Gasteiger partial charge in [-0.3, -0.25) is 0 Å². The molecule has 3 aliphatic rings. The largest absolute Gasteiger partial charge is 0.493 e. The van der Waals surface area contributed by atoms with Gasteiger partial charge >= 0.3 is 0 Å².